The number of benzene rings is 2. The van der Waals surface area contributed by atoms with E-state index in [1.54, 1.807) is 18.2 Å². The molecule has 0 fully saturated rings. The number of halogens is 4. The van der Waals surface area contributed by atoms with Gasteiger partial charge in [-0.3, -0.25) is 0 Å². The summed E-state index contributed by atoms with van der Waals surface area (Å²) < 4.78 is 13.1. The van der Waals surface area contributed by atoms with Crippen molar-refractivity contribution in [2.75, 3.05) is 7.05 Å². The van der Waals surface area contributed by atoms with E-state index in [4.69, 9.17) is 34.8 Å². The van der Waals surface area contributed by atoms with Gasteiger partial charge in [0.15, 0.2) is 0 Å². The van der Waals surface area contributed by atoms with Crippen LogP contribution in [0.4, 0.5) is 4.39 Å². The van der Waals surface area contributed by atoms with Crippen molar-refractivity contribution < 1.29 is 4.39 Å². The summed E-state index contributed by atoms with van der Waals surface area (Å²) in [6, 6.07) is 9.75. The quantitative estimate of drug-likeness (QED) is 0.802. The summed E-state index contributed by atoms with van der Waals surface area (Å²) in [5, 5.41) is 4.79. The molecule has 0 aliphatic rings. The molecule has 0 spiro atoms. The smallest absolute Gasteiger partial charge is 0.124 e. The third kappa shape index (κ3) is 3.64. The third-order valence-electron chi connectivity index (χ3n) is 3.13. The van der Waals surface area contributed by atoms with Crippen LogP contribution in [0.2, 0.25) is 15.1 Å². The summed E-state index contributed by atoms with van der Waals surface area (Å²) >= 11 is 18.2. The zero-order valence-electron chi connectivity index (χ0n) is 10.8. The zero-order chi connectivity index (χ0) is 14.7. The maximum Gasteiger partial charge on any atom is 0.124 e. The largest absolute Gasteiger partial charge is 0.313 e. The number of likely N-dealkylation sites (N-methyl/N-ethyl adjacent to an activating group) is 1. The van der Waals surface area contributed by atoms with Gasteiger partial charge in [-0.1, -0.05) is 46.9 Å². The summed E-state index contributed by atoms with van der Waals surface area (Å²) in [5.74, 6) is -0.343. The van der Waals surface area contributed by atoms with E-state index in [0.29, 0.717) is 21.5 Å². The highest BCUT2D eigenvalue weighted by molar-refractivity contribution is 6.35. The minimum absolute atomic E-state index is 0.0253. The van der Waals surface area contributed by atoms with Crippen molar-refractivity contribution >= 4 is 34.8 Å². The molecule has 1 N–H and O–H groups in total. The molecule has 2 aromatic rings. The van der Waals surface area contributed by atoms with E-state index in [1.807, 2.05) is 13.1 Å². The predicted molar refractivity (Wildman–Crippen MR) is 83.4 cm³/mol. The van der Waals surface area contributed by atoms with Gasteiger partial charge in [-0.25, -0.2) is 4.39 Å². The Kier molecular flexibility index (Phi) is 5.28. The summed E-state index contributed by atoms with van der Waals surface area (Å²) in [6.45, 7) is 0. The second kappa shape index (κ2) is 6.77. The molecule has 106 valence electrons. The molecule has 0 amide bonds. The highest BCUT2D eigenvalue weighted by atomic mass is 35.5. The van der Waals surface area contributed by atoms with Crippen molar-refractivity contribution in [2.45, 2.75) is 12.5 Å². The van der Waals surface area contributed by atoms with Gasteiger partial charge in [0.05, 0.1) is 0 Å². The molecule has 2 rings (SSSR count). The maximum absolute atomic E-state index is 13.1. The maximum atomic E-state index is 13.1. The molecular weight excluding hydrogens is 320 g/mol. The van der Waals surface area contributed by atoms with Gasteiger partial charge in [-0.05, 0) is 48.9 Å². The summed E-state index contributed by atoms with van der Waals surface area (Å²) in [4.78, 5) is 0. The Bertz CT molecular complexity index is 616. The lowest BCUT2D eigenvalue weighted by Gasteiger charge is -2.19. The highest BCUT2D eigenvalue weighted by Gasteiger charge is 2.15. The first-order valence-corrected chi connectivity index (χ1v) is 7.21. The summed E-state index contributed by atoms with van der Waals surface area (Å²) in [6.07, 6.45) is 0.608. The van der Waals surface area contributed by atoms with Crippen LogP contribution in [0.25, 0.3) is 0 Å². The van der Waals surface area contributed by atoms with E-state index < -0.39 is 0 Å². The molecule has 5 heteroatoms. The van der Waals surface area contributed by atoms with E-state index in [-0.39, 0.29) is 11.9 Å². The van der Waals surface area contributed by atoms with E-state index in [2.05, 4.69) is 5.32 Å². The molecule has 0 aromatic heterocycles. The van der Waals surface area contributed by atoms with Crippen LogP contribution in [0.1, 0.15) is 17.2 Å². The van der Waals surface area contributed by atoms with E-state index >= 15 is 0 Å². The number of rotatable bonds is 4. The average molecular weight is 333 g/mol. The van der Waals surface area contributed by atoms with Crippen LogP contribution in [-0.2, 0) is 6.42 Å². The number of nitrogens with one attached hydrogen (secondary N) is 1. The second-order valence-corrected chi connectivity index (χ2v) is 5.70. The normalized spacial score (nSPS) is 12.4. The van der Waals surface area contributed by atoms with Crippen LogP contribution >= 0.6 is 34.8 Å². The first-order valence-electron chi connectivity index (χ1n) is 6.07. The van der Waals surface area contributed by atoms with E-state index in [0.717, 1.165) is 11.1 Å². The van der Waals surface area contributed by atoms with Crippen molar-refractivity contribution in [1.29, 1.82) is 0 Å². The van der Waals surface area contributed by atoms with E-state index in [9.17, 15) is 4.39 Å². The van der Waals surface area contributed by atoms with Crippen molar-refractivity contribution in [3.8, 4) is 0 Å². The molecule has 0 bridgehead atoms. The molecule has 2 aromatic carbocycles. The Labute approximate surface area is 132 Å². The van der Waals surface area contributed by atoms with Crippen LogP contribution in [0, 0.1) is 5.82 Å². The minimum Gasteiger partial charge on any atom is -0.313 e. The van der Waals surface area contributed by atoms with Gasteiger partial charge in [0.1, 0.15) is 5.82 Å². The third-order valence-corrected chi connectivity index (χ3v) is 4.04. The fourth-order valence-electron chi connectivity index (χ4n) is 2.06. The predicted octanol–water partition coefficient (Wildman–Crippen LogP) is 5.29. The SMILES string of the molecule is CNC(Cc1ccc(F)cc1Cl)c1ccc(Cl)cc1Cl. The van der Waals surface area contributed by atoms with Crippen LogP contribution in [0.3, 0.4) is 0 Å². The standard InChI is InChI=1S/C15H13Cl3FN/c1-20-15(12-5-3-10(16)7-14(12)18)6-9-2-4-11(19)8-13(9)17/h2-5,7-8,15,20H,6H2,1H3. The molecule has 1 atom stereocenters. The van der Waals surface area contributed by atoms with Crippen molar-refractivity contribution in [3.05, 3.63) is 68.4 Å². The Hall–Kier alpha value is -0.800. The van der Waals surface area contributed by atoms with Gasteiger partial charge >= 0.3 is 0 Å². The highest BCUT2D eigenvalue weighted by Crippen LogP contribution is 2.30. The van der Waals surface area contributed by atoms with Gasteiger partial charge in [0, 0.05) is 21.1 Å². The first kappa shape index (κ1) is 15.6. The Morgan fingerprint density at radius 3 is 2.40 bits per heavy atom. The lowest BCUT2D eigenvalue weighted by Crippen LogP contribution is -2.19. The van der Waals surface area contributed by atoms with Crippen molar-refractivity contribution in [2.24, 2.45) is 0 Å². The molecule has 20 heavy (non-hydrogen) atoms. The van der Waals surface area contributed by atoms with Gasteiger partial charge in [0.25, 0.3) is 0 Å². The Balaban J connectivity index is 2.28. The second-order valence-electron chi connectivity index (χ2n) is 4.45. The Morgan fingerprint density at radius 2 is 1.80 bits per heavy atom. The molecule has 1 unspecified atom stereocenters. The molecule has 0 radical (unpaired) electrons. The molecule has 0 aliphatic carbocycles. The fourth-order valence-corrected chi connectivity index (χ4v) is 2.84. The lowest BCUT2D eigenvalue weighted by atomic mass is 9.99. The van der Waals surface area contributed by atoms with E-state index in [1.165, 1.54) is 12.1 Å². The molecule has 0 saturated carbocycles. The van der Waals surface area contributed by atoms with Crippen LogP contribution in [0.15, 0.2) is 36.4 Å². The molecular formula is C15H13Cl3FN. The molecule has 0 saturated heterocycles. The first-order chi connectivity index (χ1) is 9.51. The lowest BCUT2D eigenvalue weighted by molar-refractivity contribution is 0.589. The topological polar surface area (TPSA) is 12.0 Å². The van der Waals surface area contributed by atoms with Gasteiger partial charge < -0.3 is 5.32 Å². The summed E-state index contributed by atoms with van der Waals surface area (Å²) in [5.41, 5.74) is 1.79. The van der Waals surface area contributed by atoms with Gasteiger partial charge in [-0.2, -0.15) is 0 Å². The number of hydrogen-bond donors (Lipinski definition) is 1. The Morgan fingerprint density at radius 1 is 1.05 bits per heavy atom. The van der Waals surface area contributed by atoms with Crippen LogP contribution in [-0.4, -0.2) is 7.05 Å². The minimum atomic E-state index is -0.343. The monoisotopic (exact) mass is 331 g/mol. The zero-order valence-corrected chi connectivity index (χ0v) is 13.0. The molecule has 0 aliphatic heterocycles. The van der Waals surface area contributed by atoms with Crippen molar-refractivity contribution in [1.82, 2.24) is 5.32 Å². The van der Waals surface area contributed by atoms with Gasteiger partial charge in [0.2, 0.25) is 0 Å². The van der Waals surface area contributed by atoms with Crippen LogP contribution < -0.4 is 5.32 Å². The summed E-state index contributed by atoms with van der Waals surface area (Å²) in [7, 11) is 1.84. The molecule has 0 heterocycles. The van der Waals surface area contributed by atoms with Crippen LogP contribution in [0.5, 0.6) is 0 Å². The average Bonchev–Trinajstić information content (AvgIpc) is 2.39. The van der Waals surface area contributed by atoms with Crippen molar-refractivity contribution in [3.63, 3.8) is 0 Å². The molecule has 1 nitrogen and oxygen atoms in total. The number of hydrogen-bond acceptors (Lipinski definition) is 1. The fraction of sp³-hybridized carbons (Fsp3) is 0.200. The van der Waals surface area contributed by atoms with Gasteiger partial charge in [-0.15, -0.1) is 0 Å².